The van der Waals surface area contributed by atoms with Gasteiger partial charge >= 0.3 is 11.0 Å². The first-order valence-corrected chi connectivity index (χ1v) is 8.85. The Morgan fingerprint density at radius 3 is 2.86 bits per heavy atom. The first-order valence-electron chi connectivity index (χ1n) is 8.03. The van der Waals surface area contributed by atoms with Crippen LogP contribution in [-0.2, 0) is 4.79 Å². The number of benzene rings is 1. The predicted molar refractivity (Wildman–Crippen MR) is 98.2 cm³/mol. The summed E-state index contributed by atoms with van der Waals surface area (Å²) in [6, 6.07) is 10.0. The fourth-order valence-corrected chi connectivity index (χ4v) is 3.12. The van der Waals surface area contributed by atoms with Gasteiger partial charge in [-0.3, -0.25) is 20.2 Å². The standard InChI is InChI=1S/C17H12N4O6S/c22-14(7-5-10-6-8-15(28-10)21(23)24)18-17-20-19-16(27-17)13-9-25-11-3-1-2-4-12(11)26-13/h1-8,13H,9H2,(H,18,20,22)/b7-5+/t13-/m0/s1. The minimum Gasteiger partial charge on any atom is -0.485 e. The van der Waals surface area contributed by atoms with Crippen LogP contribution in [0.4, 0.5) is 11.0 Å². The highest BCUT2D eigenvalue weighted by Crippen LogP contribution is 2.35. The highest BCUT2D eigenvalue weighted by molar-refractivity contribution is 7.16. The Kier molecular flexibility index (Phi) is 4.72. The predicted octanol–water partition coefficient (Wildman–Crippen LogP) is 3.20. The Labute approximate surface area is 161 Å². The van der Waals surface area contributed by atoms with Crippen LogP contribution >= 0.6 is 11.3 Å². The second-order valence-corrected chi connectivity index (χ2v) is 6.66. The van der Waals surface area contributed by atoms with Gasteiger partial charge in [0.05, 0.1) is 4.92 Å². The minimum atomic E-state index is -0.588. The van der Waals surface area contributed by atoms with Crippen molar-refractivity contribution < 1.29 is 23.6 Å². The lowest BCUT2D eigenvalue weighted by Gasteiger charge is -2.23. The highest BCUT2D eigenvalue weighted by Gasteiger charge is 2.27. The number of nitrogens with one attached hydrogen (secondary N) is 1. The smallest absolute Gasteiger partial charge is 0.324 e. The molecule has 0 saturated carbocycles. The van der Waals surface area contributed by atoms with E-state index in [1.807, 2.05) is 12.1 Å². The van der Waals surface area contributed by atoms with Crippen LogP contribution in [0.5, 0.6) is 11.5 Å². The number of thiophene rings is 1. The van der Waals surface area contributed by atoms with Crippen molar-refractivity contribution in [2.45, 2.75) is 6.10 Å². The Morgan fingerprint density at radius 1 is 1.25 bits per heavy atom. The Hall–Kier alpha value is -3.73. The number of anilines is 1. The Bertz CT molecular complexity index is 1060. The zero-order chi connectivity index (χ0) is 19.5. The van der Waals surface area contributed by atoms with Gasteiger partial charge in [0.2, 0.25) is 6.10 Å². The monoisotopic (exact) mass is 400 g/mol. The molecule has 1 aromatic carbocycles. The summed E-state index contributed by atoms with van der Waals surface area (Å²) in [6.07, 6.45) is 2.09. The van der Waals surface area contributed by atoms with E-state index in [0.717, 1.165) is 11.3 Å². The van der Waals surface area contributed by atoms with Gasteiger partial charge in [-0.2, -0.15) is 0 Å². The van der Waals surface area contributed by atoms with Crippen molar-refractivity contribution in [2.75, 3.05) is 11.9 Å². The third kappa shape index (κ3) is 3.83. The van der Waals surface area contributed by atoms with Gasteiger partial charge in [-0.05, 0) is 24.3 Å². The van der Waals surface area contributed by atoms with E-state index in [1.54, 1.807) is 18.2 Å². The van der Waals surface area contributed by atoms with Crippen LogP contribution in [0, 0.1) is 10.1 Å². The molecule has 0 aliphatic carbocycles. The first kappa shape index (κ1) is 17.7. The average molecular weight is 400 g/mol. The largest absolute Gasteiger partial charge is 0.485 e. The van der Waals surface area contributed by atoms with Crippen LogP contribution in [0.1, 0.15) is 16.9 Å². The highest BCUT2D eigenvalue weighted by atomic mass is 32.1. The Balaban J connectivity index is 1.37. The number of carbonyl (C=O) groups excluding carboxylic acids is 1. The average Bonchev–Trinajstić information content (AvgIpc) is 3.36. The molecule has 0 fully saturated rings. The van der Waals surface area contributed by atoms with Gasteiger partial charge in [0.15, 0.2) is 11.5 Å². The van der Waals surface area contributed by atoms with Gasteiger partial charge < -0.3 is 13.9 Å². The molecule has 0 spiro atoms. The molecule has 0 radical (unpaired) electrons. The topological polar surface area (TPSA) is 130 Å². The molecule has 1 atom stereocenters. The van der Waals surface area contributed by atoms with E-state index in [4.69, 9.17) is 13.9 Å². The normalized spacial score (nSPS) is 15.5. The maximum Gasteiger partial charge on any atom is 0.324 e. The van der Waals surface area contributed by atoms with E-state index in [2.05, 4.69) is 15.5 Å². The van der Waals surface area contributed by atoms with Gasteiger partial charge in [-0.25, -0.2) is 0 Å². The molecule has 1 amide bonds. The van der Waals surface area contributed by atoms with Gasteiger partial charge in [-0.15, -0.1) is 5.10 Å². The number of aromatic nitrogens is 2. The molecular weight excluding hydrogens is 388 g/mol. The summed E-state index contributed by atoms with van der Waals surface area (Å²) in [4.78, 5) is 22.7. The number of ether oxygens (including phenoxy) is 2. The second-order valence-electron chi connectivity index (χ2n) is 5.57. The van der Waals surface area contributed by atoms with Crippen molar-refractivity contribution in [3.63, 3.8) is 0 Å². The number of nitrogens with zero attached hydrogens (tertiary/aromatic N) is 3. The van der Waals surface area contributed by atoms with Crippen molar-refractivity contribution in [3.05, 3.63) is 63.4 Å². The number of nitro groups is 1. The SMILES string of the molecule is O=C(/C=C/c1ccc([N+](=O)[O-])s1)Nc1nnc([C@@H]2COc3ccccc3O2)o1. The molecule has 0 unspecified atom stereocenters. The first-order chi connectivity index (χ1) is 13.6. The summed E-state index contributed by atoms with van der Waals surface area (Å²) in [5.41, 5.74) is 0. The van der Waals surface area contributed by atoms with Crippen molar-refractivity contribution in [3.8, 4) is 11.5 Å². The zero-order valence-electron chi connectivity index (χ0n) is 14.1. The van der Waals surface area contributed by atoms with Crippen LogP contribution in [0.2, 0.25) is 0 Å². The van der Waals surface area contributed by atoms with Gasteiger partial charge in [0, 0.05) is 17.0 Å². The molecule has 28 heavy (non-hydrogen) atoms. The summed E-state index contributed by atoms with van der Waals surface area (Å²) in [7, 11) is 0. The fourth-order valence-electron chi connectivity index (χ4n) is 2.39. The fraction of sp³-hybridized carbons (Fsp3) is 0.118. The van der Waals surface area contributed by atoms with E-state index in [-0.39, 0.29) is 23.5 Å². The molecule has 142 valence electrons. The molecular formula is C17H12N4O6S. The van der Waals surface area contributed by atoms with Crippen LogP contribution < -0.4 is 14.8 Å². The molecule has 2 aromatic heterocycles. The van der Waals surface area contributed by atoms with Crippen LogP contribution in [0.15, 0.2) is 46.9 Å². The van der Waals surface area contributed by atoms with Crippen LogP contribution in [0.25, 0.3) is 6.08 Å². The molecule has 1 N–H and O–H groups in total. The Morgan fingerprint density at radius 2 is 2.07 bits per heavy atom. The van der Waals surface area contributed by atoms with Crippen LogP contribution in [0.3, 0.4) is 0 Å². The lowest BCUT2D eigenvalue weighted by atomic mass is 10.2. The quantitative estimate of drug-likeness (QED) is 0.393. The van der Waals surface area contributed by atoms with E-state index >= 15 is 0 Å². The van der Waals surface area contributed by atoms with Crippen molar-refractivity contribution >= 4 is 34.3 Å². The summed E-state index contributed by atoms with van der Waals surface area (Å²) >= 11 is 0.959. The van der Waals surface area contributed by atoms with E-state index in [1.165, 1.54) is 18.2 Å². The molecule has 3 aromatic rings. The van der Waals surface area contributed by atoms with Gasteiger partial charge in [-0.1, -0.05) is 28.6 Å². The third-order valence-electron chi connectivity index (χ3n) is 3.65. The number of amides is 1. The molecule has 0 saturated heterocycles. The maximum atomic E-state index is 12.0. The van der Waals surface area contributed by atoms with Crippen molar-refractivity contribution in [2.24, 2.45) is 0 Å². The molecule has 0 bridgehead atoms. The summed E-state index contributed by atoms with van der Waals surface area (Å²) < 4.78 is 16.8. The molecule has 4 rings (SSSR count). The molecule has 10 nitrogen and oxygen atoms in total. The number of hydrogen-bond donors (Lipinski definition) is 1. The van der Waals surface area contributed by atoms with Crippen molar-refractivity contribution in [1.29, 1.82) is 0 Å². The van der Waals surface area contributed by atoms with Gasteiger partial charge in [0.1, 0.15) is 6.61 Å². The molecule has 1 aliphatic heterocycles. The van der Waals surface area contributed by atoms with Crippen molar-refractivity contribution in [1.82, 2.24) is 10.2 Å². The molecule has 3 heterocycles. The second kappa shape index (κ2) is 7.48. The number of para-hydroxylation sites is 2. The minimum absolute atomic E-state index is 0.00197. The summed E-state index contributed by atoms with van der Waals surface area (Å²) in [5, 5.41) is 20.7. The zero-order valence-corrected chi connectivity index (χ0v) is 14.9. The lowest BCUT2D eigenvalue weighted by Crippen LogP contribution is -2.21. The van der Waals surface area contributed by atoms with E-state index in [0.29, 0.717) is 16.4 Å². The summed E-state index contributed by atoms with van der Waals surface area (Å²) in [5.74, 6) is 0.848. The van der Waals surface area contributed by atoms with E-state index in [9.17, 15) is 14.9 Å². The van der Waals surface area contributed by atoms with E-state index < -0.39 is 16.9 Å². The number of fused-ring (bicyclic) bond motifs is 1. The van der Waals surface area contributed by atoms with Gasteiger partial charge in [0.25, 0.3) is 11.8 Å². The number of carbonyl (C=O) groups is 1. The van der Waals surface area contributed by atoms with Crippen LogP contribution in [-0.4, -0.2) is 27.6 Å². The molecule has 11 heteroatoms. The molecule has 1 aliphatic rings. The summed E-state index contributed by atoms with van der Waals surface area (Å²) in [6.45, 7) is 0.198. The number of hydrogen-bond acceptors (Lipinski definition) is 9. The lowest BCUT2D eigenvalue weighted by molar-refractivity contribution is -0.380. The third-order valence-corrected chi connectivity index (χ3v) is 4.65. The number of rotatable bonds is 5. The maximum absolute atomic E-state index is 12.0.